The van der Waals surface area contributed by atoms with E-state index in [1.165, 1.54) is 0 Å². The predicted octanol–water partition coefficient (Wildman–Crippen LogP) is 0.369. The Morgan fingerprint density at radius 1 is 1.55 bits per heavy atom. The molecule has 0 aromatic carbocycles. The van der Waals surface area contributed by atoms with Crippen LogP contribution in [0, 0.1) is 5.92 Å². The van der Waals surface area contributed by atoms with Crippen LogP contribution >= 0.6 is 0 Å². The summed E-state index contributed by atoms with van der Waals surface area (Å²) in [6, 6.07) is 0. The molecular weight excluding hydrogens is 142 g/mol. The van der Waals surface area contributed by atoms with Crippen molar-refractivity contribution in [1.29, 1.82) is 0 Å². The molecule has 0 radical (unpaired) electrons. The number of ether oxygens (including phenoxy) is 1. The fourth-order valence-corrected chi connectivity index (χ4v) is 1.27. The van der Waals surface area contributed by atoms with Crippen LogP contribution in [0.25, 0.3) is 0 Å². The summed E-state index contributed by atoms with van der Waals surface area (Å²) in [5.74, 6) is 0.488. The van der Waals surface area contributed by atoms with Crippen molar-refractivity contribution in [3.63, 3.8) is 0 Å². The van der Waals surface area contributed by atoms with E-state index in [9.17, 15) is 0 Å². The largest absolute Gasteiger partial charge is 0.394 e. The van der Waals surface area contributed by atoms with Gasteiger partial charge in [0.1, 0.15) is 0 Å². The summed E-state index contributed by atoms with van der Waals surface area (Å²) in [4.78, 5) is 0. The van der Waals surface area contributed by atoms with Crippen LogP contribution in [-0.2, 0) is 4.74 Å². The van der Waals surface area contributed by atoms with Crippen LogP contribution in [0.5, 0.6) is 0 Å². The number of aliphatic hydroxyl groups is 1. The fraction of sp³-hybridized carbons (Fsp3) is 1.00. The molecule has 0 amide bonds. The van der Waals surface area contributed by atoms with Gasteiger partial charge in [0.2, 0.25) is 0 Å². The third-order valence-corrected chi connectivity index (χ3v) is 1.56. The van der Waals surface area contributed by atoms with E-state index >= 15 is 0 Å². The zero-order valence-corrected chi connectivity index (χ0v) is 7.63. The van der Waals surface area contributed by atoms with E-state index in [0.29, 0.717) is 12.5 Å². The fourth-order valence-electron chi connectivity index (χ4n) is 1.27. The van der Waals surface area contributed by atoms with Gasteiger partial charge in [-0.3, -0.25) is 0 Å². The van der Waals surface area contributed by atoms with E-state index < -0.39 is 5.54 Å². The SMILES string of the molecule is COCC(N)(CO)CC(C)C. The first-order valence-electron chi connectivity index (χ1n) is 3.93. The lowest BCUT2D eigenvalue weighted by Crippen LogP contribution is -2.48. The second kappa shape index (κ2) is 4.70. The lowest BCUT2D eigenvalue weighted by molar-refractivity contribution is 0.0739. The summed E-state index contributed by atoms with van der Waals surface area (Å²) >= 11 is 0. The molecule has 1 unspecified atom stereocenters. The lowest BCUT2D eigenvalue weighted by atomic mass is 9.91. The molecular formula is C8H19NO2. The number of rotatable bonds is 5. The van der Waals surface area contributed by atoms with Crippen molar-refractivity contribution in [2.24, 2.45) is 11.7 Å². The average Bonchev–Trinajstić information content (AvgIpc) is 1.87. The summed E-state index contributed by atoms with van der Waals surface area (Å²) in [6.07, 6.45) is 0.789. The second-order valence-electron chi connectivity index (χ2n) is 3.55. The van der Waals surface area contributed by atoms with E-state index in [1.54, 1.807) is 7.11 Å². The monoisotopic (exact) mass is 161 g/mol. The van der Waals surface area contributed by atoms with E-state index in [4.69, 9.17) is 15.6 Å². The van der Waals surface area contributed by atoms with Crippen LogP contribution < -0.4 is 5.73 Å². The Morgan fingerprint density at radius 3 is 2.36 bits per heavy atom. The van der Waals surface area contributed by atoms with Gasteiger partial charge in [0.15, 0.2) is 0 Å². The highest BCUT2D eigenvalue weighted by Crippen LogP contribution is 2.13. The summed E-state index contributed by atoms with van der Waals surface area (Å²) < 4.78 is 4.91. The van der Waals surface area contributed by atoms with E-state index in [0.717, 1.165) is 6.42 Å². The number of hydrogen-bond acceptors (Lipinski definition) is 3. The third kappa shape index (κ3) is 4.35. The normalized spacial score (nSPS) is 16.9. The van der Waals surface area contributed by atoms with Crippen molar-refractivity contribution in [2.75, 3.05) is 20.3 Å². The van der Waals surface area contributed by atoms with Crippen LogP contribution in [0.1, 0.15) is 20.3 Å². The van der Waals surface area contributed by atoms with Gasteiger partial charge < -0.3 is 15.6 Å². The molecule has 68 valence electrons. The molecule has 0 aromatic rings. The highest BCUT2D eigenvalue weighted by atomic mass is 16.5. The highest BCUT2D eigenvalue weighted by Gasteiger charge is 2.24. The molecule has 3 nitrogen and oxygen atoms in total. The van der Waals surface area contributed by atoms with Gasteiger partial charge >= 0.3 is 0 Å². The zero-order chi connectivity index (χ0) is 8.91. The predicted molar refractivity (Wildman–Crippen MR) is 45.3 cm³/mol. The minimum atomic E-state index is -0.553. The first-order chi connectivity index (χ1) is 5.04. The molecule has 0 fully saturated rings. The van der Waals surface area contributed by atoms with Crippen molar-refractivity contribution in [3.05, 3.63) is 0 Å². The van der Waals surface area contributed by atoms with E-state index in [-0.39, 0.29) is 6.61 Å². The first kappa shape index (κ1) is 10.9. The molecule has 11 heavy (non-hydrogen) atoms. The molecule has 0 heterocycles. The summed E-state index contributed by atoms with van der Waals surface area (Å²) in [5.41, 5.74) is 5.28. The van der Waals surface area contributed by atoms with Gasteiger partial charge in [-0.25, -0.2) is 0 Å². The van der Waals surface area contributed by atoms with Crippen molar-refractivity contribution in [3.8, 4) is 0 Å². The number of hydrogen-bond donors (Lipinski definition) is 2. The lowest BCUT2D eigenvalue weighted by Gasteiger charge is -2.27. The maximum absolute atomic E-state index is 8.96. The molecule has 0 bridgehead atoms. The molecule has 0 rings (SSSR count). The van der Waals surface area contributed by atoms with Crippen LogP contribution in [0.2, 0.25) is 0 Å². The Balaban J connectivity index is 3.87. The second-order valence-corrected chi connectivity index (χ2v) is 3.55. The zero-order valence-electron chi connectivity index (χ0n) is 7.63. The third-order valence-electron chi connectivity index (χ3n) is 1.56. The van der Waals surface area contributed by atoms with Gasteiger partial charge in [0.25, 0.3) is 0 Å². The molecule has 0 aliphatic carbocycles. The van der Waals surface area contributed by atoms with Gasteiger partial charge in [-0.05, 0) is 12.3 Å². The molecule has 0 saturated carbocycles. The van der Waals surface area contributed by atoms with Crippen molar-refractivity contribution in [1.82, 2.24) is 0 Å². The van der Waals surface area contributed by atoms with Gasteiger partial charge in [-0.1, -0.05) is 13.8 Å². The van der Waals surface area contributed by atoms with Gasteiger partial charge in [-0.2, -0.15) is 0 Å². The van der Waals surface area contributed by atoms with E-state index in [2.05, 4.69) is 13.8 Å². The topological polar surface area (TPSA) is 55.5 Å². The van der Waals surface area contributed by atoms with Crippen molar-refractivity contribution < 1.29 is 9.84 Å². The minimum absolute atomic E-state index is 0.0149. The smallest absolute Gasteiger partial charge is 0.0665 e. The Kier molecular flexibility index (Phi) is 4.65. The Bertz CT molecular complexity index is 106. The molecule has 0 spiro atoms. The Labute approximate surface area is 68.5 Å². The van der Waals surface area contributed by atoms with Crippen LogP contribution in [0.3, 0.4) is 0 Å². The molecule has 0 aromatic heterocycles. The quantitative estimate of drug-likeness (QED) is 0.612. The Hall–Kier alpha value is -0.120. The standard InChI is InChI=1S/C8H19NO2/c1-7(2)4-8(9,5-10)6-11-3/h7,10H,4-6,9H2,1-3H3. The maximum atomic E-state index is 8.96. The Morgan fingerprint density at radius 2 is 2.09 bits per heavy atom. The summed E-state index contributed by atoms with van der Waals surface area (Å²) in [6.45, 7) is 4.56. The number of methoxy groups -OCH3 is 1. The maximum Gasteiger partial charge on any atom is 0.0665 e. The van der Waals surface area contributed by atoms with E-state index in [1.807, 2.05) is 0 Å². The molecule has 0 aliphatic rings. The van der Waals surface area contributed by atoms with Crippen molar-refractivity contribution in [2.45, 2.75) is 25.8 Å². The minimum Gasteiger partial charge on any atom is -0.394 e. The number of aliphatic hydroxyl groups excluding tert-OH is 1. The van der Waals surface area contributed by atoms with Gasteiger partial charge in [0, 0.05) is 7.11 Å². The first-order valence-corrected chi connectivity index (χ1v) is 3.93. The molecule has 1 atom stereocenters. The summed E-state index contributed by atoms with van der Waals surface area (Å²) in [5, 5.41) is 8.96. The van der Waals surface area contributed by atoms with Crippen LogP contribution in [0.4, 0.5) is 0 Å². The van der Waals surface area contributed by atoms with Gasteiger partial charge in [0.05, 0.1) is 18.8 Å². The number of nitrogens with two attached hydrogens (primary N) is 1. The molecule has 0 aliphatic heterocycles. The van der Waals surface area contributed by atoms with Crippen LogP contribution in [0.15, 0.2) is 0 Å². The molecule has 0 saturated heterocycles. The average molecular weight is 161 g/mol. The van der Waals surface area contributed by atoms with Crippen LogP contribution in [-0.4, -0.2) is 31.0 Å². The highest BCUT2D eigenvalue weighted by molar-refractivity contribution is 4.83. The molecule has 3 heteroatoms. The van der Waals surface area contributed by atoms with Gasteiger partial charge in [-0.15, -0.1) is 0 Å². The molecule has 3 N–H and O–H groups in total. The van der Waals surface area contributed by atoms with Crippen molar-refractivity contribution >= 4 is 0 Å². The summed E-state index contributed by atoms with van der Waals surface area (Å²) in [7, 11) is 1.59.